The molecule has 4 N–H and O–H groups in total. The summed E-state index contributed by atoms with van der Waals surface area (Å²) in [5, 5.41) is 16.4. The molecular weight excluding hydrogens is 322 g/mol. The Labute approximate surface area is 146 Å². The average Bonchev–Trinajstić information content (AvgIpc) is 2.59. The van der Waals surface area contributed by atoms with Crippen molar-refractivity contribution < 1.29 is 19.5 Å². The van der Waals surface area contributed by atoms with Crippen molar-refractivity contribution in [3.05, 3.63) is 55.1 Å². The molecule has 0 saturated carbocycles. The second-order valence-corrected chi connectivity index (χ2v) is 5.42. The molecule has 1 rings (SSSR count). The Morgan fingerprint density at radius 3 is 2.48 bits per heavy atom. The molecule has 0 aliphatic heterocycles. The zero-order valence-electron chi connectivity index (χ0n) is 14.1. The fraction of sp³-hybridized carbons (Fsp3) is 0.278. The minimum Gasteiger partial charge on any atom is -0.465 e. The van der Waals surface area contributed by atoms with E-state index in [0.29, 0.717) is 11.3 Å². The number of hydrogen-bond acceptors (Lipinski definition) is 3. The number of amides is 3. The highest BCUT2D eigenvalue weighted by molar-refractivity contribution is 5.94. The lowest BCUT2D eigenvalue weighted by Gasteiger charge is -2.17. The van der Waals surface area contributed by atoms with Crippen molar-refractivity contribution in [2.45, 2.75) is 25.9 Å². The van der Waals surface area contributed by atoms with Crippen LogP contribution < -0.4 is 16.0 Å². The molecule has 0 fully saturated rings. The predicted molar refractivity (Wildman–Crippen MR) is 96.0 cm³/mol. The van der Waals surface area contributed by atoms with Gasteiger partial charge in [0.15, 0.2) is 0 Å². The Bertz CT molecular complexity index is 657. The Hall–Kier alpha value is -3.09. The van der Waals surface area contributed by atoms with Crippen LogP contribution in [0.25, 0.3) is 0 Å². The molecular formula is C18H23N3O4. The van der Waals surface area contributed by atoms with Gasteiger partial charge in [0.1, 0.15) is 6.04 Å². The third-order valence-corrected chi connectivity index (χ3v) is 3.51. The molecule has 0 saturated heterocycles. The highest BCUT2D eigenvalue weighted by atomic mass is 16.4. The molecule has 25 heavy (non-hydrogen) atoms. The minimum absolute atomic E-state index is 0.146. The molecule has 2 unspecified atom stereocenters. The molecule has 0 bridgehead atoms. The molecule has 7 nitrogen and oxygen atoms in total. The van der Waals surface area contributed by atoms with E-state index in [2.05, 4.69) is 29.1 Å². The smallest absolute Gasteiger partial charge is 0.405 e. The van der Waals surface area contributed by atoms with Crippen molar-refractivity contribution in [1.29, 1.82) is 0 Å². The topological polar surface area (TPSA) is 108 Å². The van der Waals surface area contributed by atoms with Gasteiger partial charge in [0.25, 0.3) is 0 Å². The molecule has 1 aromatic carbocycles. The van der Waals surface area contributed by atoms with Gasteiger partial charge in [-0.2, -0.15) is 0 Å². The Morgan fingerprint density at radius 2 is 1.88 bits per heavy atom. The van der Waals surface area contributed by atoms with E-state index in [1.807, 2.05) is 0 Å². The summed E-state index contributed by atoms with van der Waals surface area (Å²) in [6, 6.07) is 6.13. The van der Waals surface area contributed by atoms with Gasteiger partial charge in [-0.1, -0.05) is 37.3 Å². The summed E-state index contributed by atoms with van der Waals surface area (Å²) in [4.78, 5) is 34.9. The van der Waals surface area contributed by atoms with Crippen molar-refractivity contribution in [2.75, 3.05) is 5.32 Å². The summed E-state index contributed by atoms with van der Waals surface area (Å²) < 4.78 is 0. The zero-order valence-corrected chi connectivity index (χ0v) is 14.1. The van der Waals surface area contributed by atoms with Crippen molar-refractivity contribution in [1.82, 2.24) is 10.6 Å². The number of anilines is 1. The van der Waals surface area contributed by atoms with Crippen LogP contribution in [0, 0.1) is 5.92 Å². The van der Waals surface area contributed by atoms with Gasteiger partial charge in [-0.3, -0.25) is 9.59 Å². The maximum absolute atomic E-state index is 12.1. The number of para-hydroxylation sites is 1. The van der Waals surface area contributed by atoms with E-state index in [1.165, 1.54) is 12.2 Å². The van der Waals surface area contributed by atoms with Crippen molar-refractivity contribution in [3.63, 3.8) is 0 Å². The van der Waals surface area contributed by atoms with Crippen molar-refractivity contribution in [2.24, 2.45) is 5.92 Å². The molecule has 0 aromatic heterocycles. The molecule has 0 radical (unpaired) electrons. The molecule has 2 atom stereocenters. The summed E-state index contributed by atoms with van der Waals surface area (Å²) in [5.74, 6) is -1.02. The number of carbonyl (C=O) groups excluding carboxylic acids is 2. The fourth-order valence-electron chi connectivity index (χ4n) is 2.00. The number of benzene rings is 1. The van der Waals surface area contributed by atoms with Crippen LogP contribution in [0.4, 0.5) is 10.5 Å². The van der Waals surface area contributed by atoms with E-state index in [0.717, 1.165) is 0 Å². The standard InChI is InChI=1S/C18H23N3O4/c1-4-8-15(21-18(24)25)17(23)19-11-13-9-6-7-10-14(13)20-16(22)12(3)5-2/h4-7,9-10,12,15,21H,1-2,8,11H2,3H3,(H,19,23)(H,20,22)(H,24,25). The summed E-state index contributed by atoms with van der Waals surface area (Å²) in [5.41, 5.74) is 1.28. The molecule has 1 aromatic rings. The van der Waals surface area contributed by atoms with Gasteiger partial charge in [-0.05, 0) is 18.1 Å². The summed E-state index contributed by atoms with van der Waals surface area (Å²) in [6.45, 7) is 8.97. The largest absolute Gasteiger partial charge is 0.465 e. The van der Waals surface area contributed by atoms with Gasteiger partial charge in [0.05, 0.1) is 5.92 Å². The van der Waals surface area contributed by atoms with Gasteiger partial charge >= 0.3 is 6.09 Å². The van der Waals surface area contributed by atoms with Gasteiger partial charge in [0, 0.05) is 12.2 Å². The first-order chi connectivity index (χ1) is 11.9. The summed E-state index contributed by atoms with van der Waals surface area (Å²) in [6.07, 6.45) is 1.89. The first kappa shape index (κ1) is 20.0. The van der Waals surface area contributed by atoms with Crippen LogP contribution in [0.15, 0.2) is 49.6 Å². The van der Waals surface area contributed by atoms with E-state index in [1.54, 1.807) is 31.2 Å². The first-order valence-corrected chi connectivity index (χ1v) is 7.78. The lowest BCUT2D eigenvalue weighted by Crippen LogP contribution is -2.45. The van der Waals surface area contributed by atoms with E-state index >= 15 is 0 Å². The maximum Gasteiger partial charge on any atom is 0.405 e. The SMILES string of the molecule is C=CCC(NC(=O)O)C(=O)NCc1ccccc1NC(=O)C(C)C=C. The monoisotopic (exact) mass is 345 g/mol. The molecule has 0 aliphatic carbocycles. The van der Waals surface area contributed by atoms with E-state index in [-0.39, 0.29) is 24.8 Å². The minimum atomic E-state index is -1.28. The number of carbonyl (C=O) groups is 3. The molecule has 0 spiro atoms. The van der Waals surface area contributed by atoms with Crippen molar-refractivity contribution in [3.8, 4) is 0 Å². The molecule has 7 heteroatoms. The number of rotatable bonds is 9. The second kappa shape index (κ2) is 9.92. The van der Waals surface area contributed by atoms with Gasteiger partial charge < -0.3 is 21.1 Å². The highest BCUT2D eigenvalue weighted by Crippen LogP contribution is 2.16. The van der Waals surface area contributed by atoms with Crippen LogP contribution in [0.2, 0.25) is 0 Å². The summed E-state index contributed by atoms with van der Waals surface area (Å²) in [7, 11) is 0. The van der Waals surface area contributed by atoms with Crippen LogP contribution in [-0.2, 0) is 16.1 Å². The lowest BCUT2D eigenvalue weighted by molar-refractivity contribution is -0.123. The van der Waals surface area contributed by atoms with Gasteiger partial charge in [0.2, 0.25) is 11.8 Å². The highest BCUT2D eigenvalue weighted by Gasteiger charge is 2.19. The fourth-order valence-corrected chi connectivity index (χ4v) is 2.00. The quantitative estimate of drug-likeness (QED) is 0.515. The Morgan fingerprint density at radius 1 is 1.20 bits per heavy atom. The number of nitrogens with one attached hydrogen (secondary N) is 3. The third kappa shape index (κ3) is 6.50. The van der Waals surface area contributed by atoms with Gasteiger partial charge in [-0.25, -0.2) is 4.79 Å². The zero-order chi connectivity index (χ0) is 18.8. The van der Waals surface area contributed by atoms with E-state index in [4.69, 9.17) is 5.11 Å². The van der Waals surface area contributed by atoms with Crippen LogP contribution in [0.3, 0.4) is 0 Å². The number of carboxylic acid groups (broad SMARTS) is 1. The average molecular weight is 345 g/mol. The predicted octanol–water partition coefficient (Wildman–Crippen LogP) is 2.28. The normalized spacial score (nSPS) is 12.4. The Kier molecular flexibility index (Phi) is 7.92. The molecule has 0 aliphatic rings. The molecule has 134 valence electrons. The maximum atomic E-state index is 12.1. The second-order valence-electron chi connectivity index (χ2n) is 5.42. The summed E-state index contributed by atoms with van der Waals surface area (Å²) >= 11 is 0. The van der Waals surface area contributed by atoms with Crippen LogP contribution >= 0.6 is 0 Å². The first-order valence-electron chi connectivity index (χ1n) is 7.78. The third-order valence-electron chi connectivity index (χ3n) is 3.51. The lowest BCUT2D eigenvalue weighted by atomic mass is 10.1. The van der Waals surface area contributed by atoms with E-state index < -0.39 is 18.0 Å². The van der Waals surface area contributed by atoms with E-state index in [9.17, 15) is 14.4 Å². The van der Waals surface area contributed by atoms with Crippen molar-refractivity contribution >= 4 is 23.6 Å². The van der Waals surface area contributed by atoms with Crippen LogP contribution in [-0.4, -0.2) is 29.1 Å². The number of hydrogen-bond donors (Lipinski definition) is 4. The molecule has 3 amide bonds. The van der Waals surface area contributed by atoms with Crippen LogP contribution in [0.1, 0.15) is 18.9 Å². The molecule has 0 heterocycles. The van der Waals surface area contributed by atoms with Crippen LogP contribution in [0.5, 0.6) is 0 Å². The Balaban J connectivity index is 2.77. The van der Waals surface area contributed by atoms with Gasteiger partial charge in [-0.15, -0.1) is 13.2 Å².